The van der Waals surface area contributed by atoms with Crippen LogP contribution in [-0.2, 0) is 15.1 Å². The summed E-state index contributed by atoms with van der Waals surface area (Å²) >= 11 is 0. The zero-order valence-electron chi connectivity index (χ0n) is 10.5. The Morgan fingerprint density at radius 1 is 1.17 bits per heavy atom. The summed E-state index contributed by atoms with van der Waals surface area (Å²) in [6.07, 6.45) is 6.21. The highest BCUT2D eigenvalue weighted by molar-refractivity contribution is 6.00. The van der Waals surface area contributed by atoms with E-state index in [4.69, 9.17) is 4.74 Å². The van der Waals surface area contributed by atoms with Gasteiger partial charge in [-0.2, -0.15) is 0 Å². The van der Waals surface area contributed by atoms with E-state index in [2.05, 4.69) is 19.1 Å². The fourth-order valence-corrected chi connectivity index (χ4v) is 2.58. The standard InChI is InChI=1S/C16H16O2/c1-16(12-6-3-2-4-7-12)11-10-13-14(17)8-5-9-15(13)18-16/h2-4,6-7,9-10H,5,8,11H2,1H3. The first-order valence-electron chi connectivity index (χ1n) is 6.37. The van der Waals surface area contributed by atoms with Gasteiger partial charge in [0.15, 0.2) is 5.78 Å². The molecule has 18 heavy (non-hydrogen) atoms. The number of fused-ring (bicyclic) bond motifs is 1. The lowest BCUT2D eigenvalue weighted by Crippen LogP contribution is -2.31. The fraction of sp³-hybridized carbons (Fsp3) is 0.312. The van der Waals surface area contributed by atoms with E-state index >= 15 is 0 Å². The quantitative estimate of drug-likeness (QED) is 0.751. The first kappa shape index (κ1) is 11.3. The lowest BCUT2D eigenvalue weighted by atomic mass is 9.86. The van der Waals surface area contributed by atoms with Crippen LogP contribution in [0.3, 0.4) is 0 Å². The predicted octanol–water partition coefficient (Wildman–Crippen LogP) is 3.50. The Morgan fingerprint density at radius 2 is 1.94 bits per heavy atom. The van der Waals surface area contributed by atoms with Crippen LogP contribution in [0.15, 0.2) is 53.8 Å². The predicted molar refractivity (Wildman–Crippen MR) is 69.9 cm³/mol. The van der Waals surface area contributed by atoms with E-state index in [0.717, 1.165) is 29.7 Å². The topological polar surface area (TPSA) is 26.3 Å². The van der Waals surface area contributed by atoms with Crippen molar-refractivity contribution in [3.8, 4) is 0 Å². The molecule has 92 valence electrons. The molecule has 2 aliphatic rings. The molecule has 0 N–H and O–H groups in total. The van der Waals surface area contributed by atoms with Gasteiger partial charge in [-0.05, 0) is 25.0 Å². The van der Waals surface area contributed by atoms with Gasteiger partial charge >= 0.3 is 0 Å². The van der Waals surface area contributed by atoms with Crippen molar-refractivity contribution in [2.24, 2.45) is 0 Å². The Kier molecular flexibility index (Phi) is 2.58. The summed E-state index contributed by atoms with van der Waals surface area (Å²) in [6.45, 7) is 2.08. The van der Waals surface area contributed by atoms with Crippen molar-refractivity contribution < 1.29 is 9.53 Å². The van der Waals surface area contributed by atoms with Crippen molar-refractivity contribution in [3.63, 3.8) is 0 Å². The molecule has 2 nitrogen and oxygen atoms in total. The molecule has 0 bridgehead atoms. The molecule has 1 aliphatic heterocycles. The number of carbonyl (C=O) groups excluding carboxylic acids is 1. The molecule has 1 aliphatic carbocycles. The van der Waals surface area contributed by atoms with Gasteiger partial charge in [0.25, 0.3) is 0 Å². The third kappa shape index (κ3) is 1.78. The number of allylic oxidation sites excluding steroid dienone is 2. The Bertz CT molecular complexity index is 539. The highest BCUT2D eigenvalue weighted by atomic mass is 16.5. The van der Waals surface area contributed by atoms with E-state index in [1.54, 1.807) is 0 Å². The van der Waals surface area contributed by atoms with Gasteiger partial charge in [0, 0.05) is 12.8 Å². The largest absolute Gasteiger partial charge is 0.482 e. The van der Waals surface area contributed by atoms with Crippen molar-refractivity contribution >= 4 is 5.78 Å². The minimum absolute atomic E-state index is 0.211. The van der Waals surface area contributed by atoms with Crippen molar-refractivity contribution in [2.45, 2.75) is 31.8 Å². The number of hydrogen-bond acceptors (Lipinski definition) is 2. The third-order valence-electron chi connectivity index (χ3n) is 3.68. The summed E-state index contributed by atoms with van der Waals surface area (Å²) in [7, 11) is 0. The molecule has 0 saturated carbocycles. The first-order chi connectivity index (χ1) is 8.69. The molecular formula is C16H16O2. The molecule has 0 saturated heterocycles. The molecule has 0 fully saturated rings. The van der Waals surface area contributed by atoms with Gasteiger partial charge in [0.2, 0.25) is 0 Å². The van der Waals surface area contributed by atoms with Gasteiger partial charge in [0.1, 0.15) is 11.4 Å². The molecular weight excluding hydrogens is 224 g/mol. The first-order valence-corrected chi connectivity index (χ1v) is 6.37. The van der Waals surface area contributed by atoms with Crippen LogP contribution in [0.5, 0.6) is 0 Å². The van der Waals surface area contributed by atoms with Crippen LogP contribution in [0.1, 0.15) is 31.7 Å². The van der Waals surface area contributed by atoms with Gasteiger partial charge in [-0.25, -0.2) is 0 Å². The summed E-state index contributed by atoms with van der Waals surface area (Å²) < 4.78 is 6.11. The number of ketones is 1. The molecule has 0 spiro atoms. The molecule has 1 unspecified atom stereocenters. The molecule has 1 atom stereocenters. The van der Waals surface area contributed by atoms with Gasteiger partial charge in [-0.3, -0.25) is 4.79 Å². The van der Waals surface area contributed by atoms with Crippen LogP contribution in [-0.4, -0.2) is 5.78 Å². The number of carbonyl (C=O) groups is 1. The highest BCUT2D eigenvalue weighted by Crippen LogP contribution is 2.40. The third-order valence-corrected chi connectivity index (χ3v) is 3.68. The number of ether oxygens (including phenoxy) is 1. The molecule has 3 rings (SSSR count). The Balaban J connectivity index is 1.98. The number of rotatable bonds is 1. The van der Waals surface area contributed by atoms with Crippen molar-refractivity contribution in [3.05, 3.63) is 59.4 Å². The molecule has 0 amide bonds. The van der Waals surface area contributed by atoms with E-state index in [9.17, 15) is 4.79 Å². The van der Waals surface area contributed by atoms with Crippen LogP contribution in [0.2, 0.25) is 0 Å². The van der Waals surface area contributed by atoms with Crippen LogP contribution >= 0.6 is 0 Å². The van der Waals surface area contributed by atoms with Crippen molar-refractivity contribution in [1.82, 2.24) is 0 Å². The minimum atomic E-state index is -0.353. The Hall–Kier alpha value is -1.83. The molecule has 0 aromatic heterocycles. The normalized spacial score (nSPS) is 26.8. The average Bonchev–Trinajstić information content (AvgIpc) is 2.40. The monoisotopic (exact) mass is 240 g/mol. The number of Topliss-reactive ketones (excluding diaryl/α,β-unsaturated/α-hetero) is 1. The Morgan fingerprint density at radius 3 is 2.72 bits per heavy atom. The van der Waals surface area contributed by atoms with E-state index in [1.807, 2.05) is 30.4 Å². The maximum absolute atomic E-state index is 11.8. The second-order valence-electron chi connectivity index (χ2n) is 5.05. The van der Waals surface area contributed by atoms with Crippen LogP contribution < -0.4 is 0 Å². The maximum Gasteiger partial charge on any atom is 0.166 e. The lowest BCUT2D eigenvalue weighted by Gasteiger charge is -2.36. The summed E-state index contributed by atoms with van der Waals surface area (Å²) in [5, 5.41) is 0. The van der Waals surface area contributed by atoms with E-state index < -0.39 is 0 Å². The van der Waals surface area contributed by atoms with Gasteiger partial charge < -0.3 is 4.74 Å². The smallest absolute Gasteiger partial charge is 0.166 e. The summed E-state index contributed by atoms with van der Waals surface area (Å²) in [4.78, 5) is 11.8. The SMILES string of the molecule is CC1(c2ccccc2)CC=C2C(=O)CCC=C2O1. The second-order valence-corrected chi connectivity index (χ2v) is 5.05. The van der Waals surface area contributed by atoms with Gasteiger partial charge in [-0.1, -0.05) is 36.4 Å². The van der Waals surface area contributed by atoms with Crippen molar-refractivity contribution in [2.75, 3.05) is 0 Å². The van der Waals surface area contributed by atoms with Gasteiger partial charge in [0.05, 0.1) is 5.57 Å². The Labute approximate surface area is 107 Å². The molecule has 1 heterocycles. The highest BCUT2D eigenvalue weighted by Gasteiger charge is 2.35. The number of hydrogen-bond donors (Lipinski definition) is 0. The van der Waals surface area contributed by atoms with Crippen molar-refractivity contribution in [1.29, 1.82) is 0 Å². The van der Waals surface area contributed by atoms with Crippen LogP contribution in [0, 0.1) is 0 Å². The van der Waals surface area contributed by atoms with E-state index in [-0.39, 0.29) is 11.4 Å². The number of benzene rings is 1. The summed E-state index contributed by atoms with van der Waals surface area (Å²) in [5.74, 6) is 0.978. The van der Waals surface area contributed by atoms with Crippen LogP contribution in [0.4, 0.5) is 0 Å². The summed E-state index contributed by atoms with van der Waals surface area (Å²) in [6, 6.07) is 10.2. The minimum Gasteiger partial charge on any atom is -0.482 e. The fourth-order valence-electron chi connectivity index (χ4n) is 2.58. The molecule has 0 radical (unpaired) electrons. The zero-order chi connectivity index (χ0) is 12.6. The second kappa shape index (κ2) is 4.13. The van der Waals surface area contributed by atoms with E-state index in [0.29, 0.717) is 6.42 Å². The van der Waals surface area contributed by atoms with Crippen LogP contribution in [0.25, 0.3) is 0 Å². The maximum atomic E-state index is 11.8. The van der Waals surface area contributed by atoms with E-state index in [1.165, 1.54) is 0 Å². The molecule has 2 heteroatoms. The zero-order valence-corrected chi connectivity index (χ0v) is 10.5. The molecule has 1 aromatic rings. The molecule has 1 aromatic carbocycles. The summed E-state index contributed by atoms with van der Waals surface area (Å²) in [5.41, 5.74) is 1.57. The average molecular weight is 240 g/mol. The lowest BCUT2D eigenvalue weighted by molar-refractivity contribution is -0.116. The van der Waals surface area contributed by atoms with Gasteiger partial charge in [-0.15, -0.1) is 0 Å².